The van der Waals surface area contributed by atoms with E-state index in [4.69, 9.17) is 0 Å². The highest BCUT2D eigenvalue weighted by atomic mass is 32.1. The first kappa shape index (κ1) is 20.8. The third kappa shape index (κ3) is 4.24. The van der Waals surface area contributed by atoms with Crippen molar-refractivity contribution in [2.45, 2.75) is 6.18 Å². The van der Waals surface area contributed by atoms with Gasteiger partial charge in [-0.2, -0.15) is 18.3 Å². The van der Waals surface area contributed by atoms with Crippen molar-refractivity contribution in [2.24, 2.45) is 0 Å². The molecule has 0 bridgehead atoms. The predicted molar refractivity (Wildman–Crippen MR) is 108 cm³/mol. The number of carbonyl (C=O) groups excluding carboxylic acids is 1. The molecule has 2 aromatic heterocycles. The Morgan fingerprint density at radius 2 is 1.90 bits per heavy atom. The van der Waals surface area contributed by atoms with Crippen LogP contribution in [0.25, 0.3) is 10.6 Å². The standard InChI is InChI=1S/C19H16F3N5O3S/c20-19(21,22)12-3-4-15(16(10-12)27(29)30)25-5-7-26(8-6-25)18(28)14-11-13(23-24-14)17-2-1-9-31-17/h1-4,9-11H,5-8H2,(H,23,24). The van der Waals surface area contributed by atoms with Crippen molar-refractivity contribution in [3.8, 4) is 10.6 Å². The van der Waals surface area contributed by atoms with Gasteiger partial charge in [0.25, 0.3) is 11.6 Å². The number of H-pyrrole nitrogens is 1. The predicted octanol–water partition coefficient (Wildman–Crippen LogP) is 4.03. The van der Waals surface area contributed by atoms with Crippen LogP contribution in [0.2, 0.25) is 0 Å². The molecular weight excluding hydrogens is 435 g/mol. The number of anilines is 1. The van der Waals surface area contributed by atoms with Gasteiger partial charge in [-0.3, -0.25) is 20.0 Å². The lowest BCUT2D eigenvalue weighted by atomic mass is 10.1. The highest BCUT2D eigenvalue weighted by Gasteiger charge is 2.34. The van der Waals surface area contributed by atoms with E-state index in [0.29, 0.717) is 6.07 Å². The van der Waals surface area contributed by atoms with E-state index < -0.39 is 22.4 Å². The molecule has 1 N–H and O–H groups in total. The van der Waals surface area contributed by atoms with Gasteiger partial charge in [0.1, 0.15) is 5.69 Å². The number of aromatic nitrogens is 2. The molecule has 0 radical (unpaired) electrons. The number of hydrogen-bond acceptors (Lipinski definition) is 6. The first-order chi connectivity index (χ1) is 14.7. The van der Waals surface area contributed by atoms with Crippen LogP contribution in [0.1, 0.15) is 16.1 Å². The van der Waals surface area contributed by atoms with Gasteiger partial charge in [0.05, 0.1) is 21.1 Å². The van der Waals surface area contributed by atoms with Gasteiger partial charge >= 0.3 is 6.18 Å². The fraction of sp³-hybridized carbons (Fsp3) is 0.263. The summed E-state index contributed by atoms with van der Waals surface area (Å²) in [6.45, 7) is 1.02. The van der Waals surface area contributed by atoms with Crippen molar-refractivity contribution in [3.63, 3.8) is 0 Å². The second kappa shape index (κ2) is 8.02. The molecule has 1 amide bonds. The van der Waals surface area contributed by atoms with Crippen LogP contribution in [0.4, 0.5) is 24.5 Å². The van der Waals surface area contributed by atoms with Gasteiger partial charge < -0.3 is 9.80 Å². The van der Waals surface area contributed by atoms with E-state index in [1.807, 2.05) is 17.5 Å². The van der Waals surface area contributed by atoms with Gasteiger partial charge in [0.15, 0.2) is 5.69 Å². The largest absolute Gasteiger partial charge is 0.416 e. The molecule has 3 heterocycles. The minimum atomic E-state index is -4.67. The second-order valence-electron chi connectivity index (χ2n) is 6.88. The number of hydrogen-bond donors (Lipinski definition) is 1. The number of carbonyl (C=O) groups is 1. The molecule has 162 valence electrons. The van der Waals surface area contributed by atoms with Gasteiger partial charge in [0, 0.05) is 32.2 Å². The number of nitro benzene ring substituents is 1. The molecule has 12 heteroatoms. The second-order valence-corrected chi connectivity index (χ2v) is 7.83. The Morgan fingerprint density at radius 3 is 2.52 bits per heavy atom. The number of halogens is 3. The number of piperazine rings is 1. The summed E-state index contributed by atoms with van der Waals surface area (Å²) in [6.07, 6.45) is -4.67. The fourth-order valence-electron chi connectivity index (χ4n) is 3.42. The van der Waals surface area contributed by atoms with E-state index >= 15 is 0 Å². The SMILES string of the molecule is O=C(c1cc(-c2cccs2)[nH]n1)N1CCN(c2ccc(C(F)(F)F)cc2[N+](=O)[O-])CC1. The number of nitrogens with one attached hydrogen (secondary N) is 1. The smallest absolute Gasteiger partial charge is 0.362 e. The van der Waals surface area contributed by atoms with Crippen LogP contribution in [0.5, 0.6) is 0 Å². The zero-order valence-electron chi connectivity index (χ0n) is 15.9. The molecule has 0 spiro atoms. The first-order valence-electron chi connectivity index (χ1n) is 9.23. The number of alkyl halides is 3. The van der Waals surface area contributed by atoms with Crippen LogP contribution in [0.15, 0.2) is 41.8 Å². The average molecular weight is 451 g/mol. The number of rotatable bonds is 4. The number of benzene rings is 1. The normalized spacial score (nSPS) is 14.7. The highest BCUT2D eigenvalue weighted by molar-refractivity contribution is 7.13. The summed E-state index contributed by atoms with van der Waals surface area (Å²) in [4.78, 5) is 27.4. The van der Waals surface area contributed by atoms with E-state index in [9.17, 15) is 28.1 Å². The van der Waals surface area contributed by atoms with Gasteiger partial charge in [-0.15, -0.1) is 11.3 Å². The summed E-state index contributed by atoms with van der Waals surface area (Å²) in [7, 11) is 0. The van der Waals surface area contributed by atoms with Crippen LogP contribution in [0.3, 0.4) is 0 Å². The van der Waals surface area contributed by atoms with Gasteiger partial charge in [-0.05, 0) is 29.6 Å². The molecule has 8 nitrogen and oxygen atoms in total. The zero-order valence-corrected chi connectivity index (χ0v) is 16.7. The van der Waals surface area contributed by atoms with Crippen molar-refractivity contribution in [1.29, 1.82) is 0 Å². The lowest BCUT2D eigenvalue weighted by molar-refractivity contribution is -0.384. The van der Waals surface area contributed by atoms with E-state index in [-0.39, 0.29) is 43.5 Å². The molecule has 0 saturated carbocycles. The van der Waals surface area contributed by atoms with Crippen molar-refractivity contribution >= 4 is 28.6 Å². The Kier molecular flexibility index (Phi) is 5.39. The topological polar surface area (TPSA) is 95.4 Å². The maximum Gasteiger partial charge on any atom is 0.416 e. The minimum Gasteiger partial charge on any atom is -0.362 e. The molecule has 1 aliphatic heterocycles. The molecule has 3 aromatic rings. The third-order valence-electron chi connectivity index (χ3n) is 4.99. The van der Waals surface area contributed by atoms with E-state index in [0.717, 1.165) is 22.7 Å². The summed E-state index contributed by atoms with van der Waals surface area (Å²) in [6, 6.07) is 7.95. The molecule has 0 aliphatic carbocycles. The van der Waals surface area contributed by atoms with Gasteiger partial charge in [-0.1, -0.05) is 6.07 Å². The van der Waals surface area contributed by atoms with Gasteiger partial charge in [-0.25, -0.2) is 0 Å². The van der Waals surface area contributed by atoms with Crippen LogP contribution in [-0.2, 0) is 6.18 Å². The number of aromatic amines is 1. The number of nitro groups is 1. The molecule has 1 fully saturated rings. The summed E-state index contributed by atoms with van der Waals surface area (Å²) >= 11 is 1.51. The van der Waals surface area contributed by atoms with Crippen LogP contribution in [0, 0.1) is 10.1 Å². The van der Waals surface area contributed by atoms with Crippen molar-refractivity contribution < 1.29 is 22.9 Å². The van der Waals surface area contributed by atoms with Crippen molar-refractivity contribution in [2.75, 3.05) is 31.1 Å². The molecule has 4 rings (SSSR count). The fourth-order valence-corrected chi connectivity index (χ4v) is 4.11. The Hall–Kier alpha value is -3.41. The first-order valence-corrected chi connectivity index (χ1v) is 10.1. The van der Waals surface area contributed by atoms with E-state index in [1.54, 1.807) is 15.9 Å². The Bertz CT molecular complexity index is 1110. The minimum absolute atomic E-state index is 0.102. The molecule has 1 aromatic carbocycles. The summed E-state index contributed by atoms with van der Waals surface area (Å²) in [5.41, 5.74) is -0.584. The summed E-state index contributed by atoms with van der Waals surface area (Å²) in [5, 5.41) is 20.2. The quantitative estimate of drug-likeness (QED) is 0.477. The zero-order chi connectivity index (χ0) is 22.2. The molecule has 31 heavy (non-hydrogen) atoms. The maximum atomic E-state index is 12.9. The van der Waals surface area contributed by atoms with Crippen molar-refractivity contribution in [3.05, 3.63) is 63.1 Å². The summed E-state index contributed by atoms with van der Waals surface area (Å²) in [5.74, 6) is -0.277. The van der Waals surface area contributed by atoms with Gasteiger partial charge in [0.2, 0.25) is 0 Å². The molecule has 1 saturated heterocycles. The Balaban J connectivity index is 1.46. The molecular formula is C19H16F3N5O3S. The lowest BCUT2D eigenvalue weighted by Crippen LogP contribution is -2.49. The highest BCUT2D eigenvalue weighted by Crippen LogP contribution is 2.36. The average Bonchev–Trinajstić information content (AvgIpc) is 3.44. The maximum absolute atomic E-state index is 12.9. The summed E-state index contributed by atoms with van der Waals surface area (Å²) < 4.78 is 38.7. The lowest BCUT2D eigenvalue weighted by Gasteiger charge is -2.35. The van der Waals surface area contributed by atoms with E-state index in [1.165, 1.54) is 11.3 Å². The number of thiophene rings is 1. The number of nitrogens with zero attached hydrogens (tertiary/aromatic N) is 4. The third-order valence-corrected chi connectivity index (χ3v) is 5.89. The van der Waals surface area contributed by atoms with Crippen molar-refractivity contribution in [1.82, 2.24) is 15.1 Å². The molecule has 0 unspecified atom stereocenters. The van der Waals surface area contributed by atoms with E-state index in [2.05, 4.69) is 10.2 Å². The Morgan fingerprint density at radius 1 is 1.16 bits per heavy atom. The van der Waals surface area contributed by atoms with Crippen LogP contribution >= 0.6 is 11.3 Å². The Labute approximate surface area is 178 Å². The van der Waals surface area contributed by atoms with Crippen LogP contribution in [-0.4, -0.2) is 52.1 Å². The monoisotopic (exact) mass is 451 g/mol. The number of amides is 1. The molecule has 1 aliphatic rings. The molecule has 0 atom stereocenters. The van der Waals surface area contributed by atoms with Crippen LogP contribution < -0.4 is 4.90 Å².